The SMILES string of the molecule is CN1CCN(C(=O)[C@H]2CCCN(C(=O)OC(C)(C)C)C2)[C@H](c2ccccc2)C1. The molecule has 2 aliphatic rings. The van der Waals surface area contributed by atoms with Gasteiger partial charge in [-0.25, -0.2) is 4.79 Å². The molecule has 3 rings (SSSR count). The zero-order valence-electron chi connectivity index (χ0n) is 17.6. The maximum Gasteiger partial charge on any atom is 0.410 e. The van der Waals surface area contributed by atoms with Crippen molar-refractivity contribution in [2.24, 2.45) is 5.92 Å². The topological polar surface area (TPSA) is 53.1 Å². The second kappa shape index (κ2) is 8.52. The minimum Gasteiger partial charge on any atom is -0.444 e. The van der Waals surface area contributed by atoms with Crippen LogP contribution in [0.5, 0.6) is 0 Å². The van der Waals surface area contributed by atoms with Crippen molar-refractivity contribution < 1.29 is 14.3 Å². The molecule has 2 aliphatic heterocycles. The molecular weight excluding hydrogens is 354 g/mol. The lowest BCUT2D eigenvalue weighted by Gasteiger charge is -2.43. The standard InChI is InChI=1S/C22H33N3O3/c1-22(2,3)28-21(27)24-12-8-11-18(15-24)20(26)25-14-13-23(4)16-19(25)17-9-6-5-7-10-17/h5-7,9-10,18-19H,8,11-16H2,1-4H3/t18-,19-/m0/s1. The van der Waals surface area contributed by atoms with E-state index in [0.29, 0.717) is 13.1 Å². The number of amides is 2. The van der Waals surface area contributed by atoms with Crippen molar-refractivity contribution in [1.29, 1.82) is 0 Å². The molecule has 1 aromatic rings. The molecule has 0 saturated carbocycles. The Balaban J connectivity index is 1.71. The van der Waals surface area contributed by atoms with Crippen molar-refractivity contribution in [3.8, 4) is 0 Å². The highest BCUT2D eigenvalue weighted by molar-refractivity contribution is 5.81. The molecule has 0 bridgehead atoms. The van der Waals surface area contributed by atoms with Crippen LogP contribution in [-0.2, 0) is 9.53 Å². The highest BCUT2D eigenvalue weighted by atomic mass is 16.6. The Hall–Kier alpha value is -2.08. The third-order valence-corrected chi connectivity index (χ3v) is 5.47. The van der Waals surface area contributed by atoms with Gasteiger partial charge >= 0.3 is 6.09 Å². The molecule has 6 heteroatoms. The van der Waals surface area contributed by atoms with Gasteiger partial charge in [-0.2, -0.15) is 0 Å². The van der Waals surface area contributed by atoms with Gasteiger partial charge in [-0.15, -0.1) is 0 Å². The average molecular weight is 388 g/mol. The molecule has 2 amide bonds. The normalized spacial score (nSPS) is 24.1. The minimum atomic E-state index is -0.524. The third-order valence-electron chi connectivity index (χ3n) is 5.47. The van der Waals surface area contributed by atoms with Crippen LogP contribution in [0.25, 0.3) is 0 Å². The van der Waals surface area contributed by atoms with E-state index in [2.05, 4.69) is 24.1 Å². The Kier molecular flexibility index (Phi) is 6.28. The molecule has 2 saturated heterocycles. The van der Waals surface area contributed by atoms with Crippen molar-refractivity contribution in [3.63, 3.8) is 0 Å². The number of piperidine rings is 1. The number of likely N-dealkylation sites (N-methyl/N-ethyl adjacent to an activating group) is 1. The molecule has 2 heterocycles. The lowest BCUT2D eigenvalue weighted by Crippen LogP contribution is -2.53. The summed E-state index contributed by atoms with van der Waals surface area (Å²) in [6.07, 6.45) is 1.34. The van der Waals surface area contributed by atoms with Gasteiger partial charge < -0.3 is 19.4 Å². The fourth-order valence-corrected chi connectivity index (χ4v) is 4.05. The van der Waals surface area contributed by atoms with Crippen molar-refractivity contribution in [2.75, 3.05) is 39.8 Å². The predicted octanol–water partition coefficient (Wildman–Crippen LogP) is 3.15. The van der Waals surface area contributed by atoms with Crippen LogP contribution in [-0.4, -0.2) is 72.1 Å². The number of ether oxygens (including phenoxy) is 1. The van der Waals surface area contributed by atoms with E-state index in [1.807, 2.05) is 43.9 Å². The molecule has 28 heavy (non-hydrogen) atoms. The number of benzene rings is 1. The van der Waals surface area contributed by atoms with Crippen LogP contribution in [0.4, 0.5) is 4.79 Å². The summed E-state index contributed by atoms with van der Waals surface area (Å²) in [6.45, 7) is 9.13. The largest absolute Gasteiger partial charge is 0.444 e. The number of likely N-dealkylation sites (tertiary alicyclic amines) is 1. The van der Waals surface area contributed by atoms with E-state index >= 15 is 0 Å². The Morgan fingerprint density at radius 3 is 2.43 bits per heavy atom. The third kappa shape index (κ3) is 5.04. The zero-order chi connectivity index (χ0) is 20.3. The van der Waals surface area contributed by atoms with Crippen LogP contribution in [0.1, 0.15) is 45.2 Å². The lowest BCUT2D eigenvalue weighted by molar-refractivity contribution is -0.142. The van der Waals surface area contributed by atoms with Crippen LogP contribution >= 0.6 is 0 Å². The van der Waals surface area contributed by atoms with Gasteiger partial charge in [0, 0.05) is 32.7 Å². The molecular formula is C22H33N3O3. The number of hydrogen-bond donors (Lipinski definition) is 0. The van der Waals surface area contributed by atoms with Crippen LogP contribution in [0.15, 0.2) is 30.3 Å². The van der Waals surface area contributed by atoms with E-state index in [9.17, 15) is 9.59 Å². The molecule has 0 aromatic heterocycles. The molecule has 0 radical (unpaired) electrons. The van der Waals surface area contributed by atoms with Crippen molar-refractivity contribution in [2.45, 2.75) is 45.3 Å². The van der Waals surface area contributed by atoms with Crippen molar-refractivity contribution in [3.05, 3.63) is 35.9 Å². The van der Waals surface area contributed by atoms with E-state index in [-0.39, 0.29) is 24.0 Å². The first-order valence-corrected chi connectivity index (χ1v) is 10.3. The van der Waals surface area contributed by atoms with Crippen LogP contribution < -0.4 is 0 Å². The number of carbonyl (C=O) groups excluding carboxylic acids is 2. The van der Waals surface area contributed by atoms with Gasteiger partial charge in [-0.3, -0.25) is 4.79 Å². The zero-order valence-corrected chi connectivity index (χ0v) is 17.6. The van der Waals surface area contributed by atoms with E-state index in [1.165, 1.54) is 5.56 Å². The molecule has 2 fully saturated rings. The van der Waals surface area contributed by atoms with E-state index in [1.54, 1.807) is 4.90 Å². The van der Waals surface area contributed by atoms with Crippen molar-refractivity contribution >= 4 is 12.0 Å². The van der Waals surface area contributed by atoms with Crippen LogP contribution in [0.3, 0.4) is 0 Å². The van der Waals surface area contributed by atoms with Gasteiger partial charge in [-0.05, 0) is 46.2 Å². The summed E-state index contributed by atoms with van der Waals surface area (Å²) in [7, 11) is 2.10. The highest BCUT2D eigenvalue weighted by Gasteiger charge is 2.37. The first kappa shape index (κ1) is 20.6. The number of rotatable bonds is 2. The quantitative estimate of drug-likeness (QED) is 0.782. The lowest BCUT2D eigenvalue weighted by atomic mass is 9.94. The second-order valence-electron chi connectivity index (χ2n) is 8.99. The summed E-state index contributed by atoms with van der Waals surface area (Å²) in [5, 5.41) is 0. The monoisotopic (exact) mass is 387 g/mol. The maximum absolute atomic E-state index is 13.4. The van der Waals surface area contributed by atoms with Crippen LogP contribution in [0, 0.1) is 5.92 Å². The van der Waals surface area contributed by atoms with E-state index < -0.39 is 5.60 Å². The summed E-state index contributed by atoms with van der Waals surface area (Å²) >= 11 is 0. The first-order valence-electron chi connectivity index (χ1n) is 10.3. The number of carbonyl (C=O) groups is 2. The van der Waals surface area contributed by atoms with Gasteiger partial charge in [0.15, 0.2) is 0 Å². The molecule has 154 valence electrons. The Labute approximate surface area is 168 Å². The molecule has 0 unspecified atom stereocenters. The number of nitrogens with zero attached hydrogens (tertiary/aromatic N) is 3. The molecule has 0 spiro atoms. The smallest absolute Gasteiger partial charge is 0.410 e. The van der Waals surface area contributed by atoms with Gasteiger partial charge in [0.2, 0.25) is 5.91 Å². The summed E-state index contributed by atoms with van der Waals surface area (Å²) < 4.78 is 5.51. The maximum atomic E-state index is 13.4. The second-order valence-corrected chi connectivity index (χ2v) is 8.99. The summed E-state index contributed by atoms with van der Waals surface area (Å²) in [6, 6.07) is 10.3. The van der Waals surface area contributed by atoms with Gasteiger partial charge in [0.25, 0.3) is 0 Å². The highest BCUT2D eigenvalue weighted by Crippen LogP contribution is 2.29. The number of hydrogen-bond acceptors (Lipinski definition) is 4. The molecule has 2 atom stereocenters. The van der Waals surface area contributed by atoms with Gasteiger partial charge in [0.05, 0.1) is 12.0 Å². The summed E-state index contributed by atoms with van der Waals surface area (Å²) in [5.74, 6) is 0.00565. The molecule has 0 aliphatic carbocycles. The molecule has 1 aromatic carbocycles. The minimum absolute atomic E-state index is 0.0596. The Bertz CT molecular complexity index is 686. The Morgan fingerprint density at radius 1 is 1.04 bits per heavy atom. The number of piperazine rings is 1. The summed E-state index contributed by atoms with van der Waals surface area (Å²) in [5.41, 5.74) is 0.645. The molecule has 6 nitrogen and oxygen atoms in total. The molecule has 0 N–H and O–H groups in total. The Morgan fingerprint density at radius 2 is 1.75 bits per heavy atom. The van der Waals surface area contributed by atoms with E-state index in [0.717, 1.165) is 32.5 Å². The van der Waals surface area contributed by atoms with Gasteiger partial charge in [0.1, 0.15) is 5.60 Å². The van der Waals surface area contributed by atoms with Crippen molar-refractivity contribution in [1.82, 2.24) is 14.7 Å². The summed E-state index contributed by atoms with van der Waals surface area (Å²) in [4.78, 5) is 31.9. The van der Waals surface area contributed by atoms with Gasteiger partial charge in [-0.1, -0.05) is 30.3 Å². The first-order chi connectivity index (χ1) is 13.2. The van der Waals surface area contributed by atoms with E-state index in [4.69, 9.17) is 4.74 Å². The average Bonchev–Trinajstić information content (AvgIpc) is 2.67. The van der Waals surface area contributed by atoms with Crippen LogP contribution in [0.2, 0.25) is 0 Å². The fraction of sp³-hybridized carbons (Fsp3) is 0.636. The fourth-order valence-electron chi connectivity index (χ4n) is 4.05. The predicted molar refractivity (Wildman–Crippen MR) is 109 cm³/mol.